The summed E-state index contributed by atoms with van der Waals surface area (Å²) in [5.41, 5.74) is -2.12. The number of fused-ring (bicyclic) bond motifs is 2. The summed E-state index contributed by atoms with van der Waals surface area (Å²) in [6.45, 7) is 5.83. The molecule has 3 amide bonds. The van der Waals surface area contributed by atoms with Crippen LogP contribution >= 0.6 is 0 Å². The summed E-state index contributed by atoms with van der Waals surface area (Å²) in [6.07, 6.45) is 11.6. The van der Waals surface area contributed by atoms with E-state index in [9.17, 15) is 19.5 Å². The number of ether oxygens (including phenoxy) is 1. The van der Waals surface area contributed by atoms with Crippen LogP contribution in [0.4, 0.5) is 0 Å². The Hall–Kier alpha value is -2.19. The minimum absolute atomic E-state index is 0.0774. The van der Waals surface area contributed by atoms with Gasteiger partial charge in [-0.25, -0.2) is 0 Å². The summed E-state index contributed by atoms with van der Waals surface area (Å²) in [7, 11) is 1.74. The van der Waals surface area contributed by atoms with Gasteiger partial charge in [0.15, 0.2) is 0 Å². The molecule has 1 spiro atoms. The predicted octanol–water partition coefficient (Wildman–Crippen LogP) is 1.35. The number of amides is 3. The Morgan fingerprint density at radius 1 is 0.970 bits per heavy atom. The molecule has 1 unspecified atom stereocenters. The zero-order chi connectivity index (χ0) is 23.8. The first-order valence-corrected chi connectivity index (χ1v) is 12.4. The monoisotopic (exact) mass is 459 g/mol. The van der Waals surface area contributed by atoms with Crippen molar-refractivity contribution in [2.75, 3.05) is 39.8 Å². The van der Waals surface area contributed by atoms with Crippen molar-refractivity contribution in [3.8, 4) is 0 Å². The normalized spacial score (nSPS) is 35.6. The molecule has 0 saturated carbocycles. The molecule has 0 bridgehead atoms. The van der Waals surface area contributed by atoms with Gasteiger partial charge in [0, 0.05) is 39.8 Å². The smallest absolute Gasteiger partial charge is 0.249 e. The predicted molar refractivity (Wildman–Crippen MR) is 123 cm³/mol. The fourth-order valence-corrected chi connectivity index (χ4v) is 6.16. The van der Waals surface area contributed by atoms with Crippen LogP contribution in [0.15, 0.2) is 24.3 Å². The lowest BCUT2D eigenvalue weighted by Crippen LogP contribution is -2.56. The van der Waals surface area contributed by atoms with Gasteiger partial charge in [-0.3, -0.25) is 14.4 Å². The van der Waals surface area contributed by atoms with E-state index < -0.39 is 29.1 Å². The topological polar surface area (TPSA) is 90.4 Å². The van der Waals surface area contributed by atoms with E-state index in [0.29, 0.717) is 32.5 Å². The fourth-order valence-electron chi connectivity index (χ4n) is 6.16. The second kappa shape index (κ2) is 9.22. The zero-order valence-corrected chi connectivity index (χ0v) is 20.0. The van der Waals surface area contributed by atoms with Gasteiger partial charge in [0.05, 0.1) is 17.4 Å². The summed E-state index contributed by atoms with van der Waals surface area (Å²) in [5.74, 6) is -1.93. The third-order valence-electron chi connectivity index (χ3n) is 7.81. The number of hydrogen-bond acceptors (Lipinski definition) is 5. The van der Waals surface area contributed by atoms with Gasteiger partial charge in [0.1, 0.15) is 11.6 Å². The number of likely N-dealkylation sites (N-methyl/N-ethyl adjacent to an activating group) is 1. The van der Waals surface area contributed by atoms with Gasteiger partial charge in [-0.05, 0) is 19.3 Å². The largest absolute Gasteiger partial charge is 0.396 e. The van der Waals surface area contributed by atoms with E-state index in [0.717, 1.165) is 19.3 Å². The van der Waals surface area contributed by atoms with Crippen molar-refractivity contribution in [1.82, 2.24) is 14.7 Å². The molecular formula is C25H37N3O5. The Morgan fingerprint density at radius 3 is 2.42 bits per heavy atom. The first kappa shape index (κ1) is 24.0. The Bertz CT molecular complexity index is 857. The van der Waals surface area contributed by atoms with Crippen LogP contribution in [-0.4, -0.2) is 94.6 Å². The highest BCUT2D eigenvalue weighted by atomic mass is 16.5. The lowest BCUT2D eigenvalue weighted by molar-refractivity contribution is -0.154. The van der Waals surface area contributed by atoms with Crippen molar-refractivity contribution in [1.29, 1.82) is 0 Å². The average Bonchev–Trinajstić information content (AvgIpc) is 3.10. The number of unbranched alkanes of at least 4 members (excludes halogenated alkanes) is 2. The van der Waals surface area contributed by atoms with Crippen LogP contribution < -0.4 is 0 Å². The molecule has 4 heterocycles. The van der Waals surface area contributed by atoms with Crippen LogP contribution in [0.1, 0.15) is 46.0 Å². The Balaban J connectivity index is 1.81. The number of likely N-dealkylation sites (tertiary alicyclic amines) is 1. The van der Waals surface area contributed by atoms with Crippen LogP contribution in [0.2, 0.25) is 0 Å². The van der Waals surface area contributed by atoms with Crippen LogP contribution in [0, 0.1) is 11.8 Å². The summed E-state index contributed by atoms with van der Waals surface area (Å²) >= 11 is 0. The quantitative estimate of drug-likeness (QED) is 0.437. The molecule has 8 heteroatoms. The lowest BCUT2D eigenvalue weighted by atomic mass is 9.73. The minimum atomic E-state index is -1.19. The van der Waals surface area contributed by atoms with Gasteiger partial charge in [-0.1, -0.05) is 51.0 Å². The van der Waals surface area contributed by atoms with Crippen molar-refractivity contribution < 1.29 is 24.2 Å². The third kappa shape index (κ3) is 3.62. The molecule has 2 fully saturated rings. The van der Waals surface area contributed by atoms with Crippen molar-refractivity contribution >= 4 is 17.7 Å². The Kier molecular flexibility index (Phi) is 6.69. The highest BCUT2D eigenvalue weighted by Gasteiger charge is 2.75. The Labute approximate surface area is 196 Å². The van der Waals surface area contributed by atoms with E-state index in [4.69, 9.17) is 4.74 Å². The van der Waals surface area contributed by atoms with Gasteiger partial charge in [0.2, 0.25) is 17.7 Å². The zero-order valence-electron chi connectivity index (χ0n) is 20.0. The van der Waals surface area contributed by atoms with E-state index in [1.165, 1.54) is 0 Å². The summed E-state index contributed by atoms with van der Waals surface area (Å²) < 4.78 is 6.83. The molecule has 0 aliphatic carbocycles. The maximum atomic E-state index is 13.9. The first-order chi connectivity index (χ1) is 15.9. The van der Waals surface area contributed by atoms with Gasteiger partial charge < -0.3 is 24.5 Å². The number of carbonyl (C=O) groups is 3. The molecule has 0 aromatic rings. The van der Waals surface area contributed by atoms with Crippen LogP contribution in [-0.2, 0) is 19.1 Å². The van der Waals surface area contributed by atoms with Crippen molar-refractivity contribution in [3.63, 3.8) is 0 Å². The number of hydrogen-bond donors (Lipinski definition) is 1. The van der Waals surface area contributed by atoms with Crippen LogP contribution in [0.3, 0.4) is 0 Å². The summed E-state index contributed by atoms with van der Waals surface area (Å²) in [5, 5.41) is 9.46. The van der Waals surface area contributed by atoms with E-state index in [1.807, 2.05) is 36.1 Å². The van der Waals surface area contributed by atoms with E-state index in [1.54, 1.807) is 16.8 Å². The highest BCUT2D eigenvalue weighted by molar-refractivity contribution is 6.00. The molecule has 0 radical (unpaired) electrons. The van der Waals surface area contributed by atoms with Gasteiger partial charge >= 0.3 is 0 Å². The van der Waals surface area contributed by atoms with E-state index in [-0.39, 0.29) is 30.9 Å². The third-order valence-corrected chi connectivity index (χ3v) is 7.81. The molecule has 5 atom stereocenters. The lowest BCUT2D eigenvalue weighted by Gasteiger charge is -2.38. The highest BCUT2D eigenvalue weighted by Crippen LogP contribution is 2.58. The molecule has 182 valence electrons. The summed E-state index contributed by atoms with van der Waals surface area (Å²) in [4.78, 5) is 46.4. The van der Waals surface area contributed by atoms with Crippen molar-refractivity contribution in [3.05, 3.63) is 24.3 Å². The van der Waals surface area contributed by atoms with Crippen LogP contribution in [0.25, 0.3) is 0 Å². The molecule has 4 aliphatic heterocycles. The second-order valence-electron chi connectivity index (χ2n) is 9.75. The second-order valence-corrected chi connectivity index (χ2v) is 9.75. The number of rotatable bonds is 8. The minimum Gasteiger partial charge on any atom is -0.396 e. The van der Waals surface area contributed by atoms with Crippen molar-refractivity contribution in [2.45, 2.75) is 63.2 Å². The van der Waals surface area contributed by atoms with Crippen LogP contribution in [0.5, 0.6) is 0 Å². The fraction of sp³-hybridized carbons (Fsp3) is 0.720. The number of aliphatic hydroxyl groups excluding tert-OH is 1. The average molecular weight is 460 g/mol. The molecular weight excluding hydrogens is 422 g/mol. The molecule has 33 heavy (non-hydrogen) atoms. The first-order valence-electron chi connectivity index (χ1n) is 12.4. The molecule has 8 nitrogen and oxygen atoms in total. The molecule has 4 aliphatic rings. The Morgan fingerprint density at radius 2 is 1.73 bits per heavy atom. The SMILES string of the molecule is CCCCCN1CC=C[C@]23O[C@]4(CC)C=CCN(C)C(=O)[C@@H]4[C@H]2C(=O)N(CCCO)C3C1=O. The molecule has 2 saturated heterocycles. The van der Waals surface area contributed by atoms with Gasteiger partial charge in [-0.2, -0.15) is 0 Å². The molecule has 4 rings (SSSR count). The van der Waals surface area contributed by atoms with E-state index in [2.05, 4.69) is 6.92 Å². The number of nitrogens with zero attached hydrogens (tertiary/aromatic N) is 3. The van der Waals surface area contributed by atoms with E-state index >= 15 is 0 Å². The summed E-state index contributed by atoms with van der Waals surface area (Å²) in [6, 6.07) is -0.830. The molecule has 0 aromatic carbocycles. The van der Waals surface area contributed by atoms with Gasteiger partial charge in [0.25, 0.3) is 0 Å². The molecule has 1 N–H and O–H groups in total. The van der Waals surface area contributed by atoms with Gasteiger partial charge in [-0.15, -0.1) is 0 Å². The maximum absolute atomic E-state index is 13.9. The molecule has 0 aromatic heterocycles. The standard InChI is InChI=1S/C25H37N3O5/c1-4-6-7-14-27-15-9-12-25-19(22(31)28(16-10-17-29)20(25)23(27)32)18-21(30)26(3)13-8-11-24(18,5-2)33-25/h8-9,11-12,18-20,29H,4-7,10,13-17H2,1-3H3/t18-,19-,20?,24+,25-/m0/s1. The number of aliphatic hydroxyl groups is 1. The van der Waals surface area contributed by atoms with Crippen molar-refractivity contribution in [2.24, 2.45) is 11.8 Å². The maximum Gasteiger partial charge on any atom is 0.249 e. The number of carbonyl (C=O) groups excluding carboxylic acids is 3.